The van der Waals surface area contributed by atoms with Crippen LogP contribution in [-0.2, 0) is 6.54 Å². The quantitative estimate of drug-likeness (QED) is 0.835. The topological polar surface area (TPSA) is 28.2 Å². The molecule has 128 valence electrons. The zero-order chi connectivity index (χ0) is 16.6. The molecule has 0 radical (unpaired) electrons. The third kappa shape index (κ3) is 3.49. The van der Waals surface area contributed by atoms with Gasteiger partial charge in [0.15, 0.2) is 0 Å². The van der Waals surface area contributed by atoms with Crippen molar-refractivity contribution in [1.82, 2.24) is 15.2 Å². The number of nitrogens with zero attached hydrogens (tertiary/aromatic N) is 2. The zero-order valence-electron chi connectivity index (χ0n) is 13.5. The van der Waals surface area contributed by atoms with E-state index in [2.05, 4.69) is 15.6 Å². The molecule has 2 saturated heterocycles. The first-order valence-corrected chi connectivity index (χ1v) is 10.1. The van der Waals surface area contributed by atoms with Crippen molar-refractivity contribution in [3.8, 4) is 11.3 Å². The number of halogens is 2. The molecule has 1 N–H and O–H groups in total. The van der Waals surface area contributed by atoms with Crippen LogP contribution in [0.2, 0.25) is 10.0 Å². The molecule has 0 saturated carbocycles. The van der Waals surface area contributed by atoms with Gasteiger partial charge in [0.05, 0.1) is 17.3 Å². The van der Waals surface area contributed by atoms with Crippen LogP contribution in [0.15, 0.2) is 23.6 Å². The maximum absolute atomic E-state index is 6.30. The highest BCUT2D eigenvalue weighted by Gasteiger charge is 2.38. The number of hydrogen-bond donors (Lipinski definition) is 1. The van der Waals surface area contributed by atoms with Gasteiger partial charge in [-0.1, -0.05) is 23.2 Å². The molecular formula is C18H21Cl2N3S. The van der Waals surface area contributed by atoms with Crippen LogP contribution in [0.5, 0.6) is 0 Å². The predicted molar refractivity (Wildman–Crippen MR) is 102 cm³/mol. The Balaban J connectivity index is 1.45. The van der Waals surface area contributed by atoms with Crippen LogP contribution in [0.4, 0.5) is 0 Å². The van der Waals surface area contributed by atoms with Crippen LogP contribution in [0.3, 0.4) is 0 Å². The minimum atomic E-state index is 0.543. The maximum Gasteiger partial charge on any atom is 0.107 e. The summed E-state index contributed by atoms with van der Waals surface area (Å²) in [6, 6.07) is 5.53. The predicted octanol–water partition coefficient (Wildman–Crippen LogP) is 4.69. The molecule has 2 aromatic rings. The van der Waals surface area contributed by atoms with Gasteiger partial charge in [0.2, 0.25) is 0 Å². The highest BCUT2D eigenvalue weighted by molar-refractivity contribution is 7.09. The van der Waals surface area contributed by atoms with Crippen molar-refractivity contribution in [2.45, 2.75) is 25.8 Å². The van der Waals surface area contributed by atoms with Gasteiger partial charge in [0.25, 0.3) is 0 Å². The van der Waals surface area contributed by atoms with Crippen molar-refractivity contribution < 1.29 is 0 Å². The maximum atomic E-state index is 6.30. The number of nitrogens with one attached hydrogen (secondary N) is 1. The summed E-state index contributed by atoms with van der Waals surface area (Å²) in [4.78, 5) is 7.36. The molecule has 2 aliphatic rings. The Labute approximate surface area is 157 Å². The number of thiazole rings is 1. The van der Waals surface area contributed by atoms with Crippen LogP contribution in [0.25, 0.3) is 11.3 Å². The molecule has 6 heteroatoms. The van der Waals surface area contributed by atoms with Gasteiger partial charge >= 0.3 is 0 Å². The molecule has 0 aliphatic carbocycles. The lowest BCUT2D eigenvalue weighted by Crippen LogP contribution is -2.38. The van der Waals surface area contributed by atoms with Gasteiger partial charge in [0.1, 0.15) is 5.01 Å². The Morgan fingerprint density at radius 1 is 1.21 bits per heavy atom. The summed E-state index contributed by atoms with van der Waals surface area (Å²) in [6.07, 6.45) is 3.95. The summed E-state index contributed by atoms with van der Waals surface area (Å²) in [5, 5.41) is 8.12. The van der Waals surface area contributed by atoms with E-state index >= 15 is 0 Å². The fourth-order valence-electron chi connectivity index (χ4n) is 3.92. The molecule has 2 fully saturated rings. The van der Waals surface area contributed by atoms with Crippen LogP contribution >= 0.6 is 34.5 Å². The molecule has 4 rings (SSSR count). The first kappa shape index (κ1) is 16.8. The van der Waals surface area contributed by atoms with Crippen LogP contribution < -0.4 is 5.32 Å². The molecule has 1 aromatic carbocycles. The SMILES string of the molecule is Clc1ccc(Cl)c(-c2csc(CN3CCC4(CCNCC4)C3)n2)c1. The molecule has 0 unspecified atom stereocenters. The summed E-state index contributed by atoms with van der Waals surface area (Å²) >= 11 is 14.1. The molecule has 3 nitrogen and oxygen atoms in total. The van der Waals surface area contributed by atoms with E-state index in [1.165, 1.54) is 45.4 Å². The monoisotopic (exact) mass is 381 g/mol. The van der Waals surface area contributed by atoms with Gasteiger partial charge in [-0.3, -0.25) is 4.90 Å². The van der Waals surface area contributed by atoms with Crippen LogP contribution in [0.1, 0.15) is 24.3 Å². The minimum Gasteiger partial charge on any atom is -0.317 e. The van der Waals surface area contributed by atoms with E-state index in [4.69, 9.17) is 28.2 Å². The third-order valence-corrected chi connectivity index (χ3v) is 6.69. The smallest absolute Gasteiger partial charge is 0.107 e. The van der Waals surface area contributed by atoms with Crippen molar-refractivity contribution in [3.63, 3.8) is 0 Å². The Hall–Kier alpha value is -0.650. The molecule has 24 heavy (non-hydrogen) atoms. The molecule has 0 atom stereocenters. The Morgan fingerprint density at radius 2 is 2.04 bits per heavy atom. The number of hydrogen-bond acceptors (Lipinski definition) is 4. The van der Waals surface area contributed by atoms with Crippen LogP contribution in [-0.4, -0.2) is 36.1 Å². The Morgan fingerprint density at radius 3 is 2.88 bits per heavy atom. The summed E-state index contributed by atoms with van der Waals surface area (Å²) in [6.45, 7) is 5.68. The van der Waals surface area contributed by atoms with Gasteiger partial charge in [-0.05, 0) is 62.5 Å². The molecular weight excluding hydrogens is 361 g/mol. The summed E-state index contributed by atoms with van der Waals surface area (Å²) < 4.78 is 0. The summed E-state index contributed by atoms with van der Waals surface area (Å²) in [5.41, 5.74) is 2.39. The number of aromatic nitrogens is 1. The molecule has 0 amide bonds. The van der Waals surface area contributed by atoms with E-state index in [1.807, 2.05) is 18.2 Å². The standard InChI is InChI=1S/C18H21Cl2N3S/c19-13-1-2-15(20)14(9-13)16-11-24-17(22-16)10-23-8-5-18(12-23)3-6-21-7-4-18/h1-2,9,11,21H,3-8,10,12H2. The molecule has 1 spiro atoms. The van der Waals surface area contributed by atoms with E-state index in [9.17, 15) is 0 Å². The van der Waals surface area contributed by atoms with Crippen molar-refractivity contribution in [3.05, 3.63) is 38.6 Å². The molecule has 1 aromatic heterocycles. The minimum absolute atomic E-state index is 0.543. The highest BCUT2D eigenvalue weighted by Crippen LogP contribution is 2.39. The second-order valence-corrected chi connectivity index (χ2v) is 8.75. The van der Waals surface area contributed by atoms with E-state index in [-0.39, 0.29) is 0 Å². The van der Waals surface area contributed by atoms with Gasteiger partial charge < -0.3 is 5.32 Å². The van der Waals surface area contributed by atoms with E-state index < -0.39 is 0 Å². The van der Waals surface area contributed by atoms with Gasteiger partial charge in [-0.2, -0.15) is 0 Å². The second kappa shape index (κ2) is 6.93. The van der Waals surface area contributed by atoms with Crippen molar-refractivity contribution >= 4 is 34.5 Å². The number of likely N-dealkylation sites (tertiary alicyclic amines) is 1. The number of rotatable bonds is 3. The van der Waals surface area contributed by atoms with E-state index in [0.717, 1.165) is 22.8 Å². The average Bonchev–Trinajstić information content (AvgIpc) is 3.19. The second-order valence-electron chi connectivity index (χ2n) is 6.96. The normalized spacial score (nSPS) is 20.8. The van der Waals surface area contributed by atoms with Crippen molar-refractivity contribution in [1.29, 1.82) is 0 Å². The van der Waals surface area contributed by atoms with Gasteiger partial charge in [-0.15, -0.1) is 11.3 Å². The summed E-state index contributed by atoms with van der Waals surface area (Å²) in [5.74, 6) is 0. The number of piperidine rings is 1. The largest absolute Gasteiger partial charge is 0.317 e. The fraction of sp³-hybridized carbons (Fsp3) is 0.500. The van der Waals surface area contributed by atoms with Gasteiger partial charge in [-0.25, -0.2) is 4.98 Å². The third-order valence-electron chi connectivity index (χ3n) is 5.30. The highest BCUT2D eigenvalue weighted by atomic mass is 35.5. The summed E-state index contributed by atoms with van der Waals surface area (Å²) in [7, 11) is 0. The van der Waals surface area contributed by atoms with Crippen molar-refractivity contribution in [2.24, 2.45) is 5.41 Å². The lowest BCUT2D eigenvalue weighted by atomic mass is 9.78. The van der Waals surface area contributed by atoms with Crippen LogP contribution in [0, 0.1) is 5.41 Å². The zero-order valence-corrected chi connectivity index (χ0v) is 15.9. The number of benzene rings is 1. The average molecular weight is 382 g/mol. The fourth-order valence-corrected chi connectivity index (χ4v) is 5.14. The van der Waals surface area contributed by atoms with Gasteiger partial charge in [0, 0.05) is 22.5 Å². The lowest BCUT2D eigenvalue weighted by molar-refractivity contribution is 0.194. The molecule has 3 heterocycles. The van der Waals surface area contributed by atoms with E-state index in [0.29, 0.717) is 15.5 Å². The first-order valence-electron chi connectivity index (χ1n) is 8.47. The van der Waals surface area contributed by atoms with Crippen molar-refractivity contribution in [2.75, 3.05) is 26.2 Å². The van der Waals surface area contributed by atoms with E-state index in [1.54, 1.807) is 11.3 Å². The Bertz CT molecular complexity index is 725. The lowest BCUT2D eigenvalue weighted by Gasteiger charge is -2.33. The first-order chi connectivity index (χ1) is 11.6. The molecule has 0 bridgehead atoms. The molecule has 2 aliphatic heterocycles. The Kier molecular flexibility index (Phi) is 4.85.